The van der Waals surface area contributed by atoms with Gasteiger partial charge in [-0.2, -0.15) is 4.31 Å². The van der Waals surface area contributed by atoms with Gasteiger partial charge in [-0.05, 0) is 50.2 Å². The van der Waals surface area contributed by atoms with E-state index in [1.54, 1.807) is 24.3 Å². The smallest absolute Gasteiger partial charge is 0.324 e. The third-order valence-electron chi connectivity index (χ3n) is 5.82. The highest BCUT2D eigenvalue weighted by atomic mass is 32.2. The molecule has 0 radical (unpaired) electrons. The third kappa shape index (κ3) is 5.75. The zero-order chi connectivity index (χ0) is 21.8. The van der Waals surface area contributed by atoms with Gasteiger partial charge in [0.2, 0.25) is 15.9 Å². The molecule has 1 aromatic carbocycles. The lowest BCUT2D eigenvalue weighted by Gasteiger charge is -2.31. The van der Waals surface area contributed by atoms with Crippen molar-refractivity contribution >= 4 is 22.0 Å². The van der Waals surface area contributed by atoms with Gasteiger partial charge < -0.3 is 14.4 Å². The van der Waals surface area contributed by atoms with Crippen LogP contribution in [0.5, 0.6) is 5.75 Å². The molecule has 4 rings (SSSR count). The number of benzene rings is 1. The Hall–Kier alpha value is -2.17. The summed E-state index contributed by atoms with van der Waals surface area (Å²) in [6.45, 7) is 2.49. The van der Waals surface area contributed by atoms with Crippen LogP contribution in [0.15, 0.2) is 29.2 Å². The summed E-state index contributed by atoms with van der Waals surface area (Å²) in [6.07, 6.45) is 4.24. The number of hydrogen-bond acceptors (Lipinski definition) is 6. The molecular weight excluding hydrogens is 422 g/mol. The second kappa shape index (κ2) is 9.54. The zero-order valence-electron chi connectivity index (χ0n) is 17.5. The molecule has 0 aromatic heterocycles. The van der Waals surface area contributed by atoms with Gasteiger partial charge in [0.15, 0.2) is 0 Å². The van der Waals surface area contributed by atoms with E-state index in [1.165, 1.54) is 22.0 Å². The van der Waals surface area contributed by atoms with Crippen LogP contribution in [0.4, 0.5) is 4.79 Å². The van der Waals surface area contributed by atoms with Crippen LogP contribution in [0.25, 0.3) is 0 Å². The topological polar surface area (TPSA) is 105 Å². The molecule has 3 fully saturated rings. The van der Waals surface area contributed by atoms with Crippen molar-refractivity contribution < 1.29 is 27.5 Å². The minimum absolute atomic E-state index is 0.00584. The number of rotatable bonds is 10. The summed E-state index contributed by atoms with van der Waals surface area (Å²) in [6, 6.07) is 6.38. The first-order chi connectivity index (χ1) is 14.9. The van der Waals surface area contributed by atoms with E-state index in [-0.39, 0.29) is 29.5 Å². The van der Waals surface area contributed by atoms with Crippen LogP contribution in [-0.4, -0.2) is 75.1 Å². The molecule has 9 nitrogen and oxygen atoms in total. The van der Waals surface area contributed by atoms with Gasteiger partial charge in [0, 0.05) is 32.3 Å². The van der Waals surface area contributed by atoms with Gasteiger partial charge in [0.05, 0.1) is 17.6 Å². The molecular formula is C21H29N3O6S. The highest BCUT2D eigenvalue weighted by Gasteiger charge is 2.30. The van der Waals surface area contributed by atoms with E-state index in [1.807, 2.05) is 0 Å². The second-order valence-corrected chi connectivity index (χ2v) is 10.3. The van der Waals surface area contributed by atoms with Crippen molar-refractivity contribution in [2.24, 2.45) is 5.92 Å². The fourth-order valence-corrected chi connectivity index (χ4v) is 5.29. The predicted octanol–water partition coefficient (Wildman–Crippen LogP) is 1.59. The van der Waals surface area contributed by atoms with Crippen molar-refractivity contribution in [3.05, 3.63) is 24.3 Å². The highest BCUT2D eigenvalue weighted by molar-refractivity contribution is 7.89. The lowest BCUT2D eigenvalue weighted by Crippen LogP contribution is -2.41. The number of imide groups is 1. The lowest BCUT2D eigenvalue weighted by atomic mass is 10.1. The molecule has 1 saturated carbocycles. The molecule has 2 aliphatic heterocycles. The Balaban J connectivity index is 1.21. The maximum Gasteiger partial charge on any atom is 0.324 e. The monoisotopic (exact) mass is 451 g/mol. The molecule has 1 aliphatic carbocycles. The fraction of sp³-hybridized carbons (Fsp3) is 0.619. The Morgan fingerprint density at radius 2 is 1.87 bits per heavy atom. The van der Waals surface area contributed by atoms with Gasteiger partial charge in [-0.3, -0.25) is 10.1 Å². The number of hydrogen-bond donors (Lipinski definition) is 1. The number of carbonyl (C=O) groups excluding carboxylic acids is 2. The van der Waals surface area contributed by atoms with E-state index < -0.39 is 10.0 Å². The number of piperidine rings is 1. The molecule has 3 amide bonds. The van der Waals surface area contributed by atoms with Crippen LogP contribution in [0.2, 0.25) is 0 Å². The van der Waals surface area contributed by atoms with Crippen molar-refractivity contribution in [3.8, 4) is 5.75 Å². The van der Waals surface area contributed by atoms with Crippen LogP contribution in [0.1, 0.15) is 32.1 Å². The average molecular weight is 452 g/mol. The normalized spacial score (nSPS) is 20.8. The molecule has 0 unspecified atom stereocenters. The van der Waals surface area contributed by atoms with Crippen LogP contribution in [0, 0.1) is 5.92 Å². The third-order valence-corrected chi connectivity index (χ3v) is 7.72. The first kappa shape index (κ1) is 22.0. The van der Waals surface area contributed by atoms with E-state index >= 15 is 0 Å². The van der Waals surface area contributed by atoms with Crippen molar-refractivity contribution in [1.29, 1.82) is 0 Å². The van der Waals surface area contributed by atoms with E-state index in [9.17, 15) is 18.0 Å². The van der Waals surface area contributed by atoms with E-state index in [0.717, 1.165) is 0 Å². The zero-order valence-corrected chi connectivity index (χ0v) is 18.3. The summed E-state index contributed by atoms with van der Waals surface area (Å²) in [4.78, 5) is 24.4. The Morgan fingerprint density at radius 1 is 1.10 bits per heavy atom. The van der Waals surface area contributed by atoms with Crippen LogP contribution in [0.3, 0.4) is 0 Å². The summed E-state index contributed by atoms with van der Waals surface area (Å²) in [5.41, 5.74) is 0. The van der Waals surface area contributed by atoms with Crippen LogP contribution >= 0.6 is 0 Å². The lowest BCUT2D eigenvalue weighted by molar-refractivity contribution is -0.118. The summed E-state index contributed by atoms with van der Waals surface area (Å²) in [5.74, 6) is 0.924. The number of urea groups is 1. The number of amides is 3. The SMILES string of the molecule is O=C1CN(CCCOC2CCN(S(=O)(=O)c3cccc(OCC4CC4)c3)CC2)C(=O)N1. The molecule has 2 heterocycles. The molecule has 0 spiro atoms. The summed E-state index contributed by atoms with van der Waals surface area (Å²) < 4.78 is 39.1. The molecule has 0 bridgehead atoms. The molecule has 2 saturated heterocycles. The molecule has 1 aromatic rings. The minimum atomic E-state index is -3.56. The summed E-state index contributed by atoms with van der Waals surface area (Å²) in [5, 5.41) is 2.24. The number of nitrogens with one attached hydrogen (secondary N) is 1. The van der Waals surface area contributed by atoms with E-state index in [4.69, 9.17) is 9.47 Å². The number of carbonyl (C=O) groups is 2. The summed E-state index contributed by atoms with van der Waals surface area (Å²) in [7, 11) is -3.56. The number of nitrogens with zero attached hydrogens (tertiary/aromatic N) is 2. The van der Waals surface area contributed by atoms with Gasteiger partial charge >= 0.3 is 6.03 Å². The minimum Gasteiger partial charge on any atom is -0.493 e. The first-order valence-electron chi connectivity index (χ1n) is 10.9. The molecule has 10 heteroatoms. The van der Waals surface area contributed by atoms with Gasteiger partial charge in [0.25, 0.3) is 0 Å². The Labute approximate surface area is 182 Å². The molecule has 3 aliphatic rings. The Morgan fingerprint density at radius 3 is 2.55 bits per heavy atom. The van der Waals surface area contributed by atoms with Crippen molar-refractivity contribution in [2.45, 2.75) is 43.1 Å². The quantitative estimate of drug-likeness (QED) is 0.428. The maximum absolute atomic E-state index is 13.0. The molecule has 1 N–H and O–H groups in total. The van der Waals surface area contributed by atoms with Gasteiger partial charge in [-0.25, -0.2) is 13.2 Å². The van der Waals surface area contributed by atoms with Crippen LogP contribution < -0.4 is 10.1 Å². The largest absolute Gasteiger partial charge is 0.493 e. The van der Waals surface area contributed by atoms with Crippen molar-refractivity contribution in [1.82, 2.24) is 14.5 Å². The highest BCUT2D eigenvalue weighted by Crippen LogP contribution is 2.30. The van der Waals surface area contributed by atoms with Crippen molar-refractivity contribution in [3.63, 3.8) is 0 Å². The van der Waals surface area contributed by atoms with E-state index in [2.05, 4.69) is 5.32 Å². The van der Waals surface area contributed by atoms with E-state index in [0.29, 0.717) is 63.8 Å². The van der Waals surface area contributed by atoms with Crippen molar-refractivity contribution in [2.75, 3.05) is 39.4 Å². The fourth-order valence-electron chi connectivity index (χ4n) is 3.78. The Kier molecular flexibility index (Phi) is 6.78. The van der Waals surface area contributed by atoms with Crippen LogP contribution in [-0.2, 0) is 19.6 Å². The molecule has 31 heavy (non-hydrogen) atoms. The Bertz CT molecular complexity index is 909. The van der Waals surface area contributed by atoms with Gasteiger partial charge in [-0.1, -0.05) is 6.07 Å². The number of sulfonamides is 1. The standard InChI is InChI=1S/C21H29N3O6S/c25-20-14-23(21(26)22-20)9-2-12-29-17-7-10-24(11-8-17)31(27,28)19-4-1-3-18(13-19)30-15-16-5-6-16/h1,3-4,13,16-17H,2,5-12,14-15H2,(H,22,25,26). The van der Waals surface area contributed by atoms with Gasteiger partial charge in [-0.15, -0.1) is 0 Å². The molecule has 0 atom stereocenters. The second-order valence-electron chi connectivity index (χ2n) is 8.33. The average Bonchev–Trinajstić information content (AvgIpc) is 3.54. The number of ether oxygens (including phenoxy) is 2. The maximum atomic E-state index is 13.0. The molecule has 170 valence electrons. The first-order valence-corrected chi connectivity index (χ1v) is 12.3. The summed E-state index contributed by atoms with van der Waals surface area (Å²) >= 11 is 0. The van der Waals surface area contributed by atoms with Gasteiger partial charge in [0.1, 0.15) is 12.3 Å². The predicted molar refractivity (Wildman–Crippen MR) is 112 cm³/mol.